The van der Waals surface area contributed by atoms with Crippen LogP contribution in [0.1, 0.15) is 0 Å². The summed E-state index contributed by atoms with van der Waals surface area (Å²) in [5.41, 5.74) is 1.86. The first-order valence-electron chi connectivity index (χ1n) is 6.44. The first-order valence-corrected chi connectivity index (χ1v) is 8.14. The van der Waals surface area contributed by atoms with Crippen LogP contribution in [0, 0.1) is 0 Å². The van der Waals surface area contributed by atoms with E-state index >= 15 is 0 Å². The van der Waals surface area contributed by atoms with E-state index in [2.05, 4.69) is 28.2 Å². The van der Waals surface area contributed by atoms with Gasteiger partial charge in [-0.15, -0.1) is 22.7 Å². The zero-order valence-corrected chi connectivity index (χ0v) is 12.5. The number of aromatic nitrogens is 2. The lowest BCUT2D eigenvalue weighted by molar-refractivity contribution is 1.20. The van der Waals surface area contributed by atoms with Gasteiger partial charge in [-0.05, 0) is 29.1 Å². The van der Waals surface area contributed by atoms with E-state index in [1.165, 1.54) is 21.8 Å². The Balaban J connectivity index is 1.82. The van der Waals surface area contributed by atoms with Crippen LogP contribution in [-0.2, 0) is 0 Å². The zero-order valence-electron chi connectivity index (χ0n) is 10.9. The summed E-state index contributed by atoms with van der Waals surface area (Å²) in [7, 11) is 0. The van der Waals surface area contributed by atoms with Crippen molar-refractivity contribution in [2.45, 2.75) is 0 Å². The highest BCUT2D eigenvalue weighted by atomic mass is 32.1. The fraction of sp³-hybridized carbons (Fsp3) is 0. The number of nitrogens with one attached hydrogen (secondary N) is 1. The largest absolute Gasteiger partial charge is 0.305 e. The first-order chi connectivity index (χ1) is 10.3. The molecule has 4 aromatic rings. The molecule has 4 rings (SSSR count). The molecular weight excluding hydrogens is 300 g/mol. The molecule has 0 aliphatic rings. The molecule has 0 spiro atoms. The van der Waals surface area contributed by atoms with Crippen LogP contribution in [0.15, 0.2) is 58.7 Å². The summed E-state index contributed by atoms with van der Waals surface area (Å²) in [6, 6.07) is 16.1. The molecule has 1 N–H and O–H groups in total. The van der Waals surface area contributed by atoms with Gasteiger partial charge in [-0.1, -0.05) is 30.3 Å². The molecule has 3 aromatic heterocycles. The summed E-state index contributed by atoms with van der Waals surface area (Å²) in [5.74, 6) is 0.637. The lowest BCUT2D eigenvalue weighted by atomic mass is 10.2. The summed E-state index contributed by atoms with van der Waals surface area (Å²) in [6.45, 7) is 0. The van der Waals surface area contributed by atoms with Crippen molar-refractivity contribution in [2.24, 2.45) is 0 Å². The Morgan fingerprint density at radius 2 is 1.76 bits per heavy atom. The van der Waals surface area contributed by atoms with Crippen molar-refractivity contribution in [1.29, 1.82) is 0 Å². The summed E-state index contributed by atoms with van der Waals surface area (Å²) >= 11 is 3.05. The normalized spacial score (nSPS) is 11.0. The van der Waals surface area contributed by atoms with E-state index in [1.54, 1.807) is 11.3 Å². The van der Waals surface area contributed by atoms with E-state index in [9.17, 15) is 4.79 Å². The number of fused-ring (bicyclic) bond motifs is 1. The second-order valence-corrected chi connectivity index (χ2v) is 6.58. The molecule has 0 unspecified atom stereocenters. The molecule has 5 heteroatoms. The Hall–Kier alpha value is -2.24. The molecule has 0 amide bonds. The molecule has 3 heterocycles. The molecule has 0 radical (unpaired) electrons. The molecule has 0 saturated heterocycles. The fourth-order valence-electron chi connectivity index (χ4n) is 2.21. The monoisotopic (exact) mass is 310 g/mol. The van der Waals surface area contributed by atoms with Crippen LogP contribution < -0.4 is 5.56 Å². The number of nitrogens with zero attached hydrogens (tertiary/aromatic N) is 1. The van der Waals surface area contributed by atoms with Crippen molar-refractivity contribution in [1.82, 2.24) is 9.97 Å². The summed E-state index contributed by atoms with van der Waals surface area (Å²) in [6.07, 6.45) is 0. The average molecular weight is 310 g/mol. The van der Waals surface area contributed by atoms with E-state index in [0.717, 1.165) is 10.4 Å². The summed E-state index contributed by atoms with van der Waals surface area (Å²) in [5, 5.41) is 1.89. The maximum absolute atomic E-state index is 12.0. The van der Waals surface area contributed by atoms with Gasteiger partial charge in [0.1, 0.15) is 4.70 Å². The standard InChI is InChI=1S/C16H10N2OS2/c19-16-14-11(8-9-20-14)17-15(18-16)13-7-6-12(21-13)10-4-2-1-3-5-10/h1-9H,(H,17,18,19). The molecule has 102 valence electrons. The van der Waals surface area contributed by atoms with Gasteiger partial charge in [-0.25, -0.2) is 4.98 Å². The van der Waals surface area contributed by atoms with Crippen molar-refractivity contribution in [2.75, 3.05) is 0 Å². The predicted molar refractivity (Wildman–Crippen MR) is 89.0 cm³/mol. The van der Waals surface area contributed by atoms with Gasteiger partial charge in [0, 0.05) is 4.88 Å². The van der Waals surface area contributed by atoms with Gasteiger partial charge in [-0.3, -0.25) is 4.79 Å². The van der Waals surface area contributed by atoms with E-state index in [1.807, 2.05) is 35.7 Å². The molecule has 3 nitrogen and oxygen atoms in total. The van der Waals surface area contributed by atoms with Crippen molar-refractivity contribution in [3.63, 3.8) is 0 Å². The van der Waals surface area contributed by atoms with Crippen LogP contribution in [0.3, 0.4) is 0 Å². The van der Waals surface area contributed by atoms with E-state index < -0.39 is 0 Å². The lowest BCUT2D eigenvalue weighted by Crippen LogP contribution is -2.06. The summed E-state index contributed by atoms with van der Waals surface area (Å²) < 4.78 is 0.679. The minimum Gasteiger partial charge on any atom is -0.305 e. The third-order valence-corrected chi connectivity index (χ3v) is 5.26. The molecule has 0 bridgehead atoms. The molecule has 0 saturated carbocycles. The highest BCUT2D eigenvalue weighted by molar-refractivity contribution is 7.18. The van der Waals surface area contributed by atoms with Crippen molar-refractivity contribution in [3.05, 3.63) is 64.3 Å². The van der Waals surface area contributed by atoms with Crippen molar-refractivity contribution < 1.29 is 0 Å². The number of thiophene rings is 2. The minimum absolute atomic E-state index is 0.0698. The van der Waals surface area contributed by atoms with Crippen LogP contribution in [-0.4, -0.2) is 9.97 Å². The van der Waals surface area contributed by atoms with Crippen LogP contribution in [0.5, 0.6) is 0 Å². The molecule has 1 aromatic carbocycles. The molecule has 21 heavy (non-hydrogen) atoms. The van der Waals surface area contributed by atoms with Gasteiger partial charge < -0.3 is 4.98 Å². The third-order valence-electron chi connectivity index (χ3n) is 3.21. The maximum atomic E-state index is 12.0. The second kappa shape index (κ2) is 4.95. The molecule has 0 fully saturated rings. The second-order valence-electron chi connectivity index (χ2n) is 4.58. The van der Waals surface area contributed by atoms with Gasteiger partial charge >= 0.3 is 0 Å². The van der Waals surface area contributed by atoms with Crippen LogP contribution in [0.25, 0.3) is 31.4 Å². The van der Waals surface area contributed by atoms with Crippen molar-refractivity contribution >= 4 is 32.9 Å². The Morgan fingerprint density at radius 1 is 0.952 bits per heavy atom. The smallest absolute Gasteiger partial charge is 0.269 e. The highest BCUT2D eigenvalue weighted by Gasteiger charge is 2.10. The average Bonchev–Trinajstić information content (AvgIpc) is 3.17. The van der Waals surface area contributed by atoms with E-state index in [0.29, 0.717) is 10.5 Å². The third kappa shape index (κ3) is 2.20. The zero-order chi connectivity index (χ0) is 14.2. The fourth-order valence-corrected chi connectivity index (χ4v) is 3.89. The van der Waals surface area contributed by atoms with Crippen LogP contribution in [0.4, 0.5) is 0 Å². The quantitative estimate of drug-likeness (QED) is 0.597. The Kier molecular flexibility index (Phi) is 2.94. The SMILES string of the molecule is O=c1[nH]c(-c2ccc(-c3ccccc3)s2)nc2ccsc12. The van der Waals surface area contributed by atoms with E-state index in [-0.39, 0.29) is 5.56 Å². The van der Waals surface area contributed by atoms with Gasteiger partial charge in [0.2, 0.25) is 0 Å². The van der Waals surface area contributed by atoms with Gasteiger partial charge in [0.15, 0.2) is 5.82 Å². The van der Waals surface area contributed by atoms with Gasteiger partial charge in [-0.2, -0.15) is 0 Å². The summed E-state index contributed by atoms with van der Waals surface area (Å²) in [4.78, 5) is 21.6. The van der Waals surface area contributed by atoms with Gasteiger partial charge in [0.05, 0.1) is 10.4 Å². The topological polar surface area (TPSA) is 45.8 Å². The number of hydrogen-bond donors (Lipinski definition) is 1. The molecule has 0 aliphatic heterocycles. The van der Waals surface area contributed by atoms with Gasteiger partial charge in [0.25, 0.3) is 5.56 Å². The number of hydrogen-bond acceptors (Lipinski definition) is 4. The highest BCUT2D eigenvalue weighted by Crippen LogP contribution is 2.32. The first kappa shape index (κ1) is 12.5. The molecule has 0 aliphatic carbocycles. The molecule has 0 atom stereocenters. The number of benzene rings is 1. The minimum atomic E-state index is -0.0698. The van der Waals surface area contributed by atoms with Crippen LogP contribution >= 0.6 is 22.7 Å². The number of rotatable bonds is 2. The van der Waals surface area contributed by atoms with E-state index in [4.69, 9.17) is 0 Å². The number of H-pyrrole nitrogens is 1. The van der Waals surface area contributed by atoms with Crippen molar-refractivity contribution in [3.8, 4) is 21.1 Å². The lowest BCUT2D eigenvalue weighted by Gasteiger charge is -1.98. The Bertz CT molecular complexity index is 967. The van der Waals surface area contributed by atoms with Crippen LogP contribution in [0.2, 0.25) is 0 Å². The molecular formula is C16H10N2OS2. The predicted octanol–water partition coefficient (Wildman–Crippen LogP) is 4.38. The Labute approximate surface area is 128 Å². The number of aromatic amines is 1. The maximum Gasteiger partial charge on any atom is 0.269 e. The Morgan fingerprint density at radius 3 is 2.62 bits per heavy atom.